The van der Waals surface area contributed by atoms with E-state index < -0.39 is 0 Å². The van der Waals surface area contributed by atoms with Crippen molar-refractivity contribution in [2.24, 2.45) is 28.1 Å². The van der Waals surface area contributed by atoms with Crippen molar-refractivity contribution in [1.82, 2.24) is 0 Å². The van der Waals surface area contributed by atoms with Gasteiger partial charge in [0.05, 0.1) is 0 Å². The average molecular weight is 208 g/mol. The molecule has 3 atom stereocenters. The third kappa shape index (κ3) is 1.20. The van der Waals surface area contributed by atoms with Gasteiger partial charge in [0.15, 0.2) is 0 Å². The predicted octanol–water partition coefficient (Wildman–Crippen LogP) is 4.89. The van der Waals surface area contributed by atoms with Gasteiger partial charge >= 0.3 is 0 Å². The summed E-state index contributed by atoms with van der Waals surface area (Å²) in [7, 11) is 0. The van der Waals surface area contributed by atoms with Crippen molar-refractivity contribution in [2.75, 3.05) is 0 Å². The Labute approximate surface area is 95.8 Å². The molecule has 2 saturated carbocycles. The van der Waals surface area contributed by atoms with Crippen molar-refractivity contribution in [3.63, 3.8) is 0 Å². The highest BCUT2D eigenvalue weighted by Crippen LogP contribution is 2.72. The first-order valence-corrected chi connectivity index (χ1v) is 6.78. The minimum atomic E-state index is 0.537. The molecule has 0 N–H and O–H groups in total. The Morgan fingerprint density at radius 2 is 1.87 bits per heavy atom. The van der Waals surface area contributed by atoms with Crippen LogP contribution in [0.5, 0.6) is 0 Å². The Balaban J connectivity index is 2.39. The monoisotopic (exact) mass is 208 g/mol. The highest BCUT2D eigenvalue weighted by molar-refractivity contribution is 5.12. The molecule has 2 fully saturated rings. The van der Waals surface area contributed by atoms with Crippen LogP contribution in [0, 0.1) is 28.1 Å². The van der Waals surface area contributed by atoms with Gasteiger partial charge in [-0.25, -0.2) is 0 Å². The first-order chi connectivity index (χ1) is 6.78. The van der Waals surface area contributed by atoms with Crippen LogP contribution in [0.3, 0.4) is 0 Å². The zero-order chi connectivity index (χ0) is 11.5. The van der Waals surface area contributed by atoms with Crippen LogP contribution in [0.15, 0.2) is 0 Å². The van der Waals surface area contributed by atoms with Crippen LogP contribution in [-0.4, -0.2) is 0 Å². The normalized spacial score (nSPS) is 43.6. The fourth-order valence-corrected chi connectivity index (χ4v) is 4.72. The molecule has 0 amide bonds. The summed E-state index contributed by atoms with van der Waals surface area (Å²) in [5.41, 5.74) is 1.77. The smallest absolute Gasteiger partial charge is 0.0213 e. The largest absolute Gasteiger partial charge is 0.0649 e. The molecule has 0 aromatic rings. The fourth-order valence-electron chi connectivity index (χ4n) is 4.72. The molecule has 2 aliphatic rings. The van der Waals surface area contributed by atoms with E-state index in [4.69, 9.17) is 0 Å². The zero-order valence-corrected chi connectivity index (χ0v) is 11.5. The molecular weight excluding hydrogens is 180 g/mol. The molecule has 3 unspecified atom stereocenters. The number of rotatable bonds is 2. The van der Waals surface area contributed by atoms with Crippen molar-refractivity contribution in [2.45, 2.75) is 67.2 Å². The summed E-state index contributed by atoms with van der Waals surface area (Å²) in [6.07, 6.45) is 5.81. The first-order valence-electron chi connectivity index (χ1n) is 6.78. The van der Waals surface area contributed by atoms with Gasteiger partial charge < -0.3 is 0 Å². The maximum Gasteiger partial charge on any atom is -0.0213 e. The Morgan fingerprint density at radius 3 is 2.27 bits per heavy atom. The van der Waals surface area contributed by atoms with Crippen LogP contribution >= 0.6 is 0 Å². The molecule has 0 spiro atoms. The number of hydrogen-bond acceptors (Lipinski definition) is 0. The van der Waals surface area contributed by atoms with Crippen LogP contribution in [0.2, 0.25) is 0 Å². The minimum absolute atomic E-state index is 0.537. The molecule has 0 aromatic heterocycles. The highest BCUT2D eigenvalue weighted by atomic mass is 14.7. The molecule has 0 radical (unpaired) electrons. The van der Waals surface area contributed by atoms with E-state index >= 15 is 0 Å². The van der Waals surface area contributed by atoms with Crippen LogP contribution < -0.4 is 0 Å². The van der Waals surface area contributed by atoms with Crippen LogP contribution in [0.4, 0.5) is 0 Å². The van der Waals surface area contributed by atoms with E-state index in [9.17, 15) is 0 Å². The van der Waals surface area contributed by atoms with E-state index in [1.807, 2.05) is 0 Å². The Hall–Kier alpha value is 0. The molecule has 88 valence electrons. The number of hydrogen-bond donors (Lipinski definition) is 0. The van der Waals surface area contributed by atoms with E-state index in [-0.39, 0.29) is 0 Å². The lowest BCUT2D eigenvalue weighted by Crippen LogP contribution is -2.43. The van der Waals surface area contributed by atoms with Crippen molar-refractivity contribution in [3.05, 3.63) is 0 Å². The Kier molecular flexibility index (Phi) is 2.31. The van der Waals surface area contributed by atoms with E-state index in [0.717, 1.165) is 11.8 Å². The molecule has 0 nitrogen and oxygen atoms in total. The summed E-state index contributed by atoms with van der Waals surface area (Å²) in [6, 6.07) is 0. The van der Waals surface area contributed by atoms with Crippen LogP contribution in [-0.2, 0) is 0 Å². The van der Waals surface area contributed by atoms with Gasteiger partial charge in [0.2, 0.25) is 0 Å². The van der Waals surface area contributed by atoms with E-state index in [0.29, 0.717) is 16.2 Å². The molecule has 0 aromatic carbocycles. The van der Waals surface area contributed by atoms with Crippen LogP contribution in [0.25, 0.3) is 0 Å². The summed E-state index contributed by atoms with van der Waals surface area (Å²) in [6.45, 7) is 14.9. The van der Waals surface area contributed by atoms with Gasteiger partial charge in [-0.3, -0.25) is 0 Å². The molecule has 2 aliphatic carbocycles. The first kappa shape index (κ1) is 11.5. The van der Waals surface area contributed by atoms with Gasteiger partial charge in [-0.15, -0.1) is 0 Å². The Bertz CT molecular complexity index is 261. The van der Waals surface area contributed by atoms with Gasteiger partial charge in [0.1, 0.15) is 0 Å². The lowest BCUT2D eigenvalue weighted by atomic mass is 9.54. The predicted molar refractivity (Wildman–Crippen MR) is 66.8 cm³/mol. The second kappa shape index (κ2) is 3.02. The second-order valence-corrected chi connectivity index (χ2v) is 7.38. The molecule has 2 rings (SSSR count). The molecular formula is C15H28. The van der Waals surface area contributed by atoms with Gasteiger partial charge in [-0.2, -0.15) is 0 Å². The molecule has 0 heterocycles. The lowest BCUT2D eigenvalue weighted by molar-refractivity contribution is -0.0181. The molecule has 0 aliphatic heterocycles. The minimum Gasteiger partial charge on any atom is -0.0649 e. The van der Waals surface area contributed by atoms with Crippen molar-refractivity contribution >= 4 is 0 Å². The summed E-state index contributed by atoms with van der Waals surface area (Å²) >= 11 is 0. The van der Waals surface area contributed by atoms with E-state index in [2.05, 4.69) is 41.5 Å². The molecule has 0 saturated heterocycles. The van der Waals surface area contributed by atoms with Crippen molar-refractivity contribution < 1.29 is 0 Å². The van der Waals surface area contributed by atoms with E-state index in [1.165, 1.54) is 25.7 Å². The summed E-state index contributed by atoms with van der Waals surface area (Å²) in [4.78, 5) is 0. The zero-order valence-electron chi connectivity index (χ0n) is 11.5. The summed E-state index contributed by atoms with van der Waals surface area (Å²) < 4.78 is 0. The van der Waals surface area contributed by atoms with Crippen LogP contribution in [0.1, 0.15) is 67.2 Å². The maximum atomic E-state index is 2.52. The maximum absolute atomic E-state index is 2.52. The quantitative estimate of drug-likeness (QED) is 0.606. The second-order valence-electron chi connectivity index (χ2n) is 7.38. The fraction of sp³-hybridized carbons (Fsp3) is 1.00. The molecule has 0 heteroatoms. The third-order valence-corrected chi connectivity index (χ3v) is 6.78. The van der Waals surface area contributed by atoms with E-state index in [1.54, 1.807) is 0 Å². The van der Waals surface area contributed by atoms with Crippen molar-refractivity contribution in [1.29, 1.82) is 0 Å². The third-order valence-electron chi connectivity index (χ3n) is 6.78. The molecule has 15 heavy (non-hydrogen) atoms. The van der Waals surface area contributed by atoms with Crippen molar-refractivity contribution in [3.8, 4) is 0 Å². The number of fused-ring (bicyclic) bond motifs is 2. The lowest BCUT2D eigenvalue weighted by Gasteiger charge is -2.51. The average Bonchev–Trinajstić information content (AvgIpc) is 2.68. The van der Waals surface area contributed by atoms with Gasteiger partial charge in [0.25, 0.3) is 0 Å². The highest BCUT2D eigenvalue weighted by Gasteiger charge is 2.63. The van der Waals surface area contributed by atoms with Gasteiger partial charge in [-0.05, 0) is 47.3 Å². The van der Waals surface area contributed by atoms with Gasteiger partial charge in [0, 0.05) is 0 Å². The topological polar surface area (TPSA) is 0 Å². The SMILES string of the molecule is CCC(C)(C)C12CCC(C1)C(C)(C)C2C. The molecule has 2 bridgehead atoms. The summed E-state index contributed by atoms with van der Waals surface area (Å²) in [5.74, 6) is 1.90. The summed E-state index contributed by atoms with van der Waals surface area (Å²) in [5, 5.41) is 0. The Morgan fingerprint density at radius 1 is 1.27 bits per heavy atom. The van der Waals surface area contributed by atoms with Gasteiger partial charge in [-0.1, -0.05) is 48.0 Å². The standard InChI is InChI=1S/C15H28/c1-7-13(3,4)15-9-8-12(10-15)14(5,6)11(15)2/h11-12H,7-10H2,1-6H3.